The number of hydrogen-bond acceptors (Lipinski definition) is 2. The Bertz CT molecular complexity index is 825. The van der Waals surface area contributed by atoms with Crippen molar-refractivity contribution >= 4 is 103 Å². The first-order chi connectivity index (χ1) is 12.6. The monoisotopic (exact) mass is 547 g/mol. The van der Waals surface area contributed by atoms with E-state index in [1.807, 2.05) is 0 Å². The summed E-state index contributed by atoms with van der Waals surface area (Å²) < 4.78 is -1.06. The van der Waals surface area contributed by atoms with Crippen LogP contribution in [0.5, 0.6) is 0 Å². The first-order valence-electron chi connectivity index (χ1n) is 7.22. The molecule has 144 valence electrons. The van der Waals surface area contributed by atoms with Crippen LogP contribution >= 0.6 is 86.2 Å². The SMILES string of the molecule is O=C(NC(NC(=S)Nc1c(Cl)cccc1Cl)C(Cl)(Cl)Cl)c1ccc(Br)cc1. The van der Waals surface area contributed by atoms with Crippen molar-refractivity contribution in [3.05, 3.63) is 62.5 Å². The van der Waals surface area contributed by atoms with Crippen molar-refractivity contribution in [2.75, 3.05) is 5.32 Å². The number of halogens is 6. The number of carbonyl (C=O) groups excluding carboxylic acids is 1. The molecule has 27 heavy (non-hydrogen) atoms. The molecular weight excluding hydrogens is 539 g/mol. The van der Waals surface area contributed by atoms with Crippen LogP contribution in [0.4, 0.5) is 5.69 Å². The average molecular weight is 551 g/mol. The molecule has 0 aliphatic carbocycles. The summed E-state index contributed by atoms with van der Waals surface area (Å²) in [6.45, 7) is 0. The zero-order chi connectivity index (χ0) is 20.2. The van der Waals surface area contributed by atoms with Gasteiger partial charge < -0.3 is 16.0 Å². The number of rotatable bonds is 4. The van der Waals surface area contributed by atoms with Crippen LogP contribution in [0.1, 0.15) is 10.4 Å². The van der Waals surface area contributed by atoms with E-state index in [1.165, 1.54) is 0 Å². The van der Waals surface area contributed by atoms with Crippen LogP contribution in [0.25, 0.3) is 0 Å². The smallest absolute Gasteiger partial charge is 0.252 e. The highest BCUT2D eigenvalue weighted by molar-refractivity contribution is 9.10. The second-order valence-electron chi connectivity index (χ2n) is 5.15. The fourth-order valence-electron chi connectivity index (χ4n) is 1.91. The van der Waals surface area contributed by atoms with E-state index in [1.54, 1.807) is 42.5 Å². The number of anilines is 1. The molecule has 2 rings (SSSR count). The van der Waals surface area contributed by atoms with E-state index in [-0.39, 0.29) is 5.11 Å². The van der Waals surface area contributed by atoms with Gasteiger partial charge in [-0.3, -0.25) is 4.79 Å². The second-order valence-corrected chi connectivity index (χ2v) is 9.66. The van der Waals surface area contributed by atoms with Crippen LogP contribution in [0, 0.1) is 0 Å². The number of hydrogen-bond donors (Lipinski definition) is 3. The van der Waals surface area contributed by atoms with Crippen molar-refractivity contribution in [1.29, 1.82) is 0 Å². The maximum Gasteiger partial charge on any atom is 0.252 e. The summed E-state index contributed by atoms with van der Waals surface area (Å²) in [5.41, 5.74) is 0.771. The summed E-state index contributed by atoms with van der Waals surface area (Å²) in [6, 6.07) is 11.6. The molecule has 0 aliphatic rings. The highest BCUT2D eigenvalue weighted by Gasteiger charge is 2.35. The van der Waals surface area contributed by atoms with Gasteiger partial charge in [-0.15, -0.1) is 0 Å². The Kier molecular flexibility index (Phi) is 8.31. The fraction of sp³-hybridized carbons (Fsp3) is 0.125. The van der Waals surface area contributed by atoms with Gasteiger partial charge >= 0.3 is 0 Å². The molecule has 3 N–H and O–H groups in total. The molecule has 0 radical (unpaired) electrons. The summed E-state index contributed by atoms with van der Waals surface area (Å²) >= 11 is 38.6. The minimum Gasteiger partial charge on any atom is -0.339 e. The van der Waals surface area contributed by atoms with Gasteiger partial charge in [0, 0.05) is 10.0 Å². The molecule has 2 aromatic rings. The average Bonchev–Trinajstić information content (AvgIpc) is 2.57. The maximum absolute atomic E-state index is 12.4. The summed E-state index contributed by atoms with van der Waals surface area (Å²) in [6.07, 6.45) is -1.13. The Hall–Kier alpha value is -0.470. The predicted octanol–water partition coefficient (Wildman–Crippen LogP) is 6.17. The molecule has 1 unspecified atom stereocenters. The maximum atomic E-state index is 12.4. The molecule has 0 saturated heterocycles. The lowest BCUT2D eigenvalue weighted by atomic mass is 10.2. The molecule has 2 aromatic carbocycles. The number of amides is 1. The number of para-hydroxylation sites is 1. The molecule has 0 spiro atoms. The normalized spacial score (nSPS) is 12.2. The standard InChI is InChI=1S/C16H11BrCl5N3OS/c17-9-6-4-8(5-7-9)13(26)24-14(16(20,21)22)25-15(27)23-12-10(18)2-1-3-11(12)19/h1-7,14H,(H,24,26)(H2,23,25,27). The van der Waals surface area contributed by atoms with E-state index in [9.17, 15) is 4.79 Å². The summed E-state index contributed by atoms with van der Waals surface area (Å²) in [4.78, 5) is 12.4. The van der Waals surface area contributed by atoms with Crippen LogP contribution in [0.2, 0.25) is 10.0 Å². The van der Waals surface area contributed by atoms with Gasteiger partial charge in [-0.2, -0.15) is 0 Å². The molecule has 0 aromatic heterocycles. The quantitative estimate of drug-likeness (QED) is 0.242. The van der Waals surface area contributed by atoms with Gasteiger partial charge in [0.25, 0.3) is 5.91 Å². The Morgan fingerprint density at radius 1 is 1.00 bits per heavy atom. The Labute approximate surface area is 195 Å². The number of thiocarbonyl (C=S) groups is 1. The summed E-state index contributed by atoms with van der Waals surface area (Å²) in [5, 5.41) is 8.91. The molecule has 11 heteroatoms. The lowest BCUT2D eigenvalue weighted by Crippen LogP contribution is -2.56. The Morgan fingerprint density at radius 2 is 1.56 bits per heavy atom. The van der Waals surface area contributed by atoms with E-state index in [0.29, 0.717) is 21.3 Å². The van der Waals surface area contributed by atoms with Gasteiger partial charge in [0.2, 0.25) is 3.79 Å². The van der Waals surface area contributed by atoms with E-state index in [2.05, 4.69) is 31.9 Å². The van der Waals surface area contributed by atoms with Crippen molar-refractivity contribution in [1.82, 2.24) is 10.6 Å². The summed E-state index contributed by atoms with van der Waals surface area (Å²) in [5.74, 6) is -0.454. The van der Waals surface area contributed by atoms with Crippen molar-refractivity contribution in [2.24, 2.45) is 0 Å². The third-order valence-electron chi connectivity index (χ3n) is 3.19. The Morgan fingerprint density at radius 3 is 2.07 bits per heavy atom. The van der Waals surface area contributed by atoms with Gasteiger partial charge in [-0.1, -0.05) is 80.0 Å². The van der Waals surface area contributed by atoms with Crippen molar-refractivity contribution in [3.8, 4) is 0 Å². The van der Waals surface area contributed by atoms with Crippen molar-refractivity contribution < 1.29 is 4.79 Å². The van der Waals surface area contributed by atoms with Gasteiger partial charge in [-0.25, -0.2) is 0 Å². The van der Waals surface area contributed by atoms with Gasteiger partial charge in [-0.05, 0) is 48.6 Å². The third-order valence-corrected chi connectivity index (χ3v) is 5.22. The summed E-state index contributed by atoms with van der Waals surface area (Å²) in [7, 11) is 0. The number of benzene rings is 2. The minimum atomic E-state index is -1.89. The lowest BCUT2D eigenvalue weighted by molar-refractivity contribution is 0.0934. The zero-order valence-corrected chi connectivity index (χ0v) is 19.4. The minimum absolute atomic E-state index is 0.0532. The fourth-order valence-corrected chi connectivity index (χ4v) is 3.22. The number of nitrogens with one attached hydrogen (secondary N) is 3. The van der Waals surface area contributed by atoms with E-state index >= 15 is 0 Å². The first kappa shape index (κ1) is 22.8. The molecule has 0 bridgehead atoms. The predicted molar refractivity (Wildman–Crippen MR) is 122 cm³/mol. The van der Waals surface area contributed by atoms with Crippen molar-refractivity contribution in [2.45, 2.75) is 9.96 Å². The highest BCUT2D eigenvalue weighted by atomic mass is 79.9. The molecule has 0 aliphatic heterocycles. The van der Waals surface area contributed by atoms with Crippen LogP contribution in [-0.2, 0) is 0 Å². The molecule has 0 fully saturated rings. The van der Waals surface area contributed by atoms with Crippen LogP contribution in [0.15, 0.2) is 46.9 Å². The Balaban J connectivity index is 2.11. The van der Waals surface area contributed by atoms with E-state index < -0.39 is 15.9 Å². The van der Waals surface area contributed by atoms with E-state index in [4.69, 9.17) is 70.2 Å². The third kappa shape index (κ3) is 6.82. The van der Waals surface area contributed by atoms with Crippen molar-refractivity contribution in [3.63, 3.8) is 0 Å². The van der Waals surface area contributed by atoms with Crippen LogP contribution in [-0.4, -0.2) is 21.0 Å². The molecule has 0 heterocycles. The second kappa shape index (κ2) is 9.83. The van der Waals surface area contributed by atoms with Crippen LogP contribution in [0.3, 0.4) is 0 Å². The van der Waals surface area contributed by atoms with E-state index in [0.717, 1.165) is 4.47 Å². The van der Waals surface area contributed by atoms with Gasteiger partial charge in [0.1, 0.15) is 6.17 Å². The topological polar surface area (TPSA) is 53.2 Å². The highest BCUT2D eigenvalue weighted by Crippen LogP contribution is 2.31. The van der Waals surface area contributed by atoms with Gasteiger partial charge in [0.05, 0.1) is 15.7 Å². The molecule has 1 amide bonds. The molecular formula is C16H11BrCl5N3OS. The van der Waals surface area contributed by atoms with Gasteiger partial charge in [0.15, 0.2) is 5.11 Å². The lowest BCUT2D eigenvalue weighted by Gasteiger charge is -2.28. The number of carbonyl (C=O) groups is 1. The largest absolute Gasteiger partial charge is 0.339 e. The first-order valence-corrected chi connectivity index (χ1v) is 10.3. The number of alkyl halides is 3. The molecule has 4 nitrogen and oxygen atoms in total. The van der Waals surface area contributed by atoms with Crippen LogP contribution < -0.4 is 16.0 Å². The molecule has 0 saturated carbocycles. The zero-order valence-electron chi connectivity index (χ0n) is 13.2. The molecule has 1 atom stereocenters.